The van der Waals surface area contributed by atoms with E-state index in [-0.39, 0.29) is 5.41 Å². The molecule has 0 aromatic rings. The van der Waals surface area contributed by atoms with Gasteiger partial charge in [0.25, 0.3) is 0 Å². The Kier molecular flexibility index (Phi) is 5.93. The Morgan fingerprint density at radius 1 is 1.40 bits per heavy atom. The van der Waals surface area contributed by atoms with Crippen LogP contribution in [0.2, 0.25) is 0 Å². The summed E-state index contributed by atoms with van der Waals surface area (Å²) in [4.78, 5) is 21.3. The van der Waals surface area contributed by atoms with Crippen molar-refractivity contribution in [2.75, 3.05) is 20.3 Å². The Labute approximate surface area is 89.8 Å². The van der Waals surface area contributed by atoms with Gasteiger partial charge in [-0.3, -0.25) is 9.59 Å². The lowest BCUT2D eigenvalue weighted by molar-refractivity contribution is -0.140. The third-order valence-corrected chi connectivity index (χ3v) is 2.06. The highest BCUT2D eigenvalue weighted by Crippen LogP contribution is 2.18. The molecule has 1 amide bonds. The number of rotatable bonds is 7. The average molecular weight is 217 g/mol. The third kappa shape index (κ3) is 7.93. The fourth-order valence-electron chi connectivity index (χ4n) is 1.00. The Balaban J connectivity index is 3.81. The fraction of sp³-hybridized carbons (Fsp3) is 0.800. The van der Waals surface area contributed by atoms with Gasteiger partial charge in [-0.1, -0.05) is 13.8 Å². The maximum atomic E-state index is 11.1. The van der Waals surface area contributed by atoms with E-state index in [1.807, 2.05) is 13.8 Å². The van der Waals surface area contributed by atoms with Crippen LogP contribution in [0.1, 0.15) is 26.7 Å². The lowest BCUT2D eigenvalue weighted by Gasteiger charge is -2.24. The molecular formula is C10H19NO4. The van der Waals surface area contributed by atoms with Gasteiger partial charge in [0.1, 0.15) is 6.42 Å². The van der Waals surface area contributed by atoms with E-state index < -0.39 is 18.3 Å². The normalized spacial score (nSPS) is 11.1. The van der Waals surface area contributed by atoms with E-state index in [9.17, 15) is 9.59 Å². The van der Waals surface area contributed by atoms with Crippen LogP contribution in [0.15, 0.2) is 0 Å². The summed E-state index contributed by atoms with van der Waals surface area (Å²) in [6.45, 7) is 5.07. The summed E-state index contributed by atoms with van der Waals surface area (Å²) in [6, 6.07) is 0. The van der Waals surface area contributed by atoms with Gasteiger partial charge in [0.15, 0.2) is 0 Å². The van der Waals surface area contributed by atoms with E-state index in [0.717, 1.165) is 6.42 Å². The zero-order valence-corrected chi connectivity index (χ0v) is 9.50. The molecule has 15 heavy (non-hydrogen) atoms. The predicted octanol–water partition coefficient (Wildman–Crippen LogP) is 0.640. The van der Waals surface area contributed by atoms with Gasteiger partial charge in [0, 0.05) is 20.3 Å². The molecule has 0 aliphatic heterocycles. The second-order valence-electron chi connectivity index (χ2n) is 4.25. The molecule has 2 N–H and O–H groups in total. The van der Waals surface area contributed by atoms with Gasteiger partial charge >= 0.3 is 5.97 Å². The first-order valence-electron chi connectivity index (χ1n) is 4.85. The smallest absolute Gasteiger partial charge is 0.312 e. The molecule has 0 aliphatic rings. The van der Waals surface area contributed by atoms with E-state index in [0.29, 0.717) is 13.2 Å². The van der Waals surface area contributed by atoms with Gasteiger partial charge in [-0.25, -0.2) is 0 Å². The SMILES string of the molecule is COCCC(C)(C)CNC(=O)CC(=O)O. The number of aliphatic carboxylic acids is 1. The summed E-state index contributed by atoms with van der Waals surface area (Å²) in [7, 11) is 1.62. The molecule has 0 spiro atoms. The molecule has 0 radical (unpaired) electrons. The van der Waals surface area contributed by atoms with Crippen LogP contribution in [0.4, 0.5) is 0 Å². The molecular weight excluding hydrogens is 198 g/mol. The minimum Gasteiger partial charge on any atom is -0.481 e. The summed E-state index contributed by atoms with van der Waals surface area (Å²) in [6.07, 6.45) is 0.344. The van der Waals surface area contributed by atoms with E-state index in [1.165, 1.54) is 0 Å². The molecule has 5 nitrogen and oxygen atoms in total. The first-order valence-corrected chi connectivity index (χ1v) is 4.85. The van der Waals surface area contributed by atoms with Crippen LogP contribution < -0.4 is 5.32 Å². The average Bonchev–Trinajstić information content (AvgIpc) is 2.11. The molecule has 0 fully saturated rings. The van der Waals surface area contributed by atoms with Crippen LogP contribution in [-0.2, 0) is 14.3 Å². The zero-order chi connectivity index (χ0) is 11.9. The number of carbonyl (C=O) groups excluding carboxylic acids is 1. The van der Waals surface area contributed by atoms with Gasteiger partial charge in [0.05, 0.1) is 0 Å². The molecule has 0 heterocycles. The summed E-state index contributed by atoms with van der Waals surface area (Å²) >= 11 is 0. The number of hydrogen-bond acceptors (Lipinski definition) is 3. The molecule has 5 heteroatoms. The number of carbonyl (C=O) groups is 2. The topological polar surface area (TPSA) is 75.6 Å². The van der Waals surface area contributed by atoms with Crippen LogP contribution in [0.3, 0.4) is 0 Å². The Morgan fingerprint density at radius 2 is 2.00 bits per heavy atom. The van der Waals surface area contributed by atoms with Crippen LogP contribution >= 0.6 is 0 Å². The van der Waals surface area contributed by atoms with E-state index in [2.05, 4.69) is 5.32 Å². The van der Waals surface area contributed by atoms with Gasteiger partial charge in [-0.15, -0.1) is 0 Å². The summed E-state index contributed by atoms with van der Waals surface area (Å²) in [5, 5.41) is 11.0. The third-order valence-electron chi connectivity index (χ3n) is 2.06. The molecule has 0 aliphatic carbocycles. The lowest BCUT2D eigenvalue weighted by atomic mass is 9.90. The Morgan fingerprint density at radius 3 is 2.47 bits per heavy atom. The largest absolute Gasteiger partial charge is 0.481 e. The highest BCUT2D eigenvalue weighted by molar-refractivity contribution is 5.93. The van der Waals surface area contributed by atoms with Gasteiger partial charge in [-0.2, -0.15) is 0 Å². The quantitative estimate of drug-likeness (QED) is 0.614. The van der Waals surface area contributed by atoms with Crippen molar-refractivity contribution in [2.45, 2.75) is 26.7 Å². The number of carboxylic acid groups (broad SMARTS) is 1. The van der Waals surface area contributed by atoms with E-state index in [4.69, 9.17) is 9.84 Å². The van der Waals surface area contributed by atoms with Gasteiger partial charge in [0.2, 0.25) is 5.91 Å². The molecule has 0 bridgehead atoms. The number of amides is 1. The molecule has 0 saturated carbocycles. The van der Waals surface area contributed by atoms with Crippen LogP contribution in [0, 0.1) is 5.41 Å². The monoisotopic (exact) mass is 217 g/mol. The summed E-state index contributed by atoms with van der Waals surface area (Å²) in [5.74, 6) is -1.56. The van der Waals surface area contributed by atoms with Crippen molar-refractivity contribution < 1.29 is 19.4 Å². The first kappa shape index (κ1) is 13.9. The van der Waals surface area contributed by atoms with Gasteiger partial charge in [-0.05, 0) is 11.8 Å². The number of hydrogen-bond donors (Lipinski definition) is 2. The van der Waals surface area contributed by atoms with Crippen molar-refractivity contribution in [3.05, 3.63) is 0 Å². The Bertz CT molecular complexity index is 225. The number of ether oxygens (including phenoxy) is 1. The van der Waals surface area contributed by atoms with Crippen molar-refractivity contribution >= 4 is 11.9 Å². The second kappa shape index (κ2) is 6.40. The highest BCUT2D eigenvalue weighted by atomic mass is 16.5. The molecule has 0 aromatic heterocycles. The van der Waals surface area contributed by atoms with Crippen molar-refractivity contribution in [3.63, 3.8) is 0 Å². The predicted molar refractivity (Wildman–Crippen MR) is 55.5 cm³/mol. The molecule has 0 atom stereocenters. The molecule has 0 unspecified atom stereocenters. The van der Waals surface area contributed by atoms with Crippen LogP contribution in [0.25, 0.3) is 0 Å². The minimum absolute atomic E-state index is 0.0792. The van der Waals surface area contributed by atoms with Crippen molar-refractivity contribution in [1.82, 2.24) is 5.32 Å². The van der Waals surface area contributed by atoms with Crippen molar-refractivity contribution in [2.24, 2.45) is 5.41 Å². The standard InChI is InChI=1S/C10H19NO4/c1-10(2,4-5-15-3)7-11-8(12)6-9(13)14/h4-7H2,1-3H3,(H,11,12)(H,13,14). The maximum Gasteiger partial charge on any atom is 0.312 e. The summed E-state index contributed by atoms with van der Waals surface area (Å²) in [5.41, 5.74) is -0.0792. The minimum atomic E-state index is -1.11. The van der Waals surface area contributed by atoms with Crippen molar-refractivity contribution in [1.29, 1.82) is 0 Å². The maximum absolute atomic E-state index is 11.1. The van der Waals surface area contributed by atoms with E-state index >= 15 is 0 Å². The van der Waals surface area contributed by atoms with Crippen LogP contribution in [0.5, 0.6) is 0 Å². The molecule has 88 valence electrons. The number of methoxy groups -OCH3 is 1. The Hall–Kier alpha value is -1.10. The number of carboxylic acids is 1. The van der Waals surface area contributed by atoms with E-state index in [1.54, 1.807) is 7.11 Å². The van der Waals surface area contributed by atoms with Gasteiger partial charge < -0.3 is 15.2 Å². The zero-order valence-electron chi connectivity index (χ0n) is 9.50. The fourth-order valence-corrected chi connectivity index (χ4v) is 1.00. The first-order chi connectivity index (χ1) is 6.87. The highest BCUT2D eigenvalue weighted by Gasteiger charge is 2.19. The summed E-state index contributed by atoms with van der Waals surface area (Å²) < 4.78 is 4.94. The number of nitrogens with one attached hydrogen (secondary N) is 1. The second-order valence-corrected chi connectivity index (χ2v) is 4.25. The molecule has 0 saturated heterocycles. The van der Waals surface area contributed by atoms with Crippen LogP contribution in [-0.4, -0.2) is 37.2 Å². The lowest BCUT2D eigenvalue weighted by Crippen LogP contribution is -2.35. The van der Waals surface area contributed by atoms with Crippen molar-refractivity contribution in [3.8, 4) is 0 Å². The molecule has 0 rings (SSSR count). The molecule has 0 aromatic carbocycles.